The summed E-state index contributed by atoms with van der Waals surface area (Å²) in [4.78, 5) is 23.7. The summed E-state index contributed by atoms with van der Waals surface area (Å²) in [5.74, 6) is -0.961. The second-order valence-electron chi connectivity index (χ2n) is 6.73. The molecule has 3 unspecified atom stereocenters. The van der Waals surface area contributed by atoms with Gasteiger partial charge in [-0.15, -0.1) is 0 Å². The zero-order valence-electron chi connectivity index (χ0n) is 11.9. The van der Waals surface area contributed by atoms with Gasteiger partial charge >= 0.3 is 5.97 Å². The molecule has 2 fully saturated rings. The summed E-state index contributed by atoms with van der Waals surface area (Å²) >= 11 is 0. The molecule has 0 radical (unpaired) electrons. The van der Waals surface area contributed by atoms with Crippen molar-refractivity contribution in [3.63, 3.8) is 0 Å². The van der Waals surface area contributed by atoms with Gasteiger partial charge in [-0.2, -0.15) is 0 Å². The van der Waals surface area contributed by atoms with Gasteiger partial charge in [0.2, 0.25) is 5.91 Å². The highest BCUT2D eigenvalue weighted by Crippen LogP contribution is 2.43. The van der Waals surface area contributed by atoms with Crippen molar-refractivity contribution in [3.8, 4) is 0 Å². The average Bonchev–Trinajstić information content (AvgIpc) is 2.83. The number of carbonyl (C=O) groups is 2. The molecule has 3 atom stereocenters. The highest BCUT2D eigenvalue weighted by Gasteiger charge is 2.49. The molecule has 0 bridgehead atoms. The maximum atomic E-state index is 12.4. The number of rotatable bonds is 3. The Balaban J connectivity index is 2.05. The van der Waals surface area contributed by atoms with Crippen molar-refractivity contribution < 1.29 is 19.4 Å². The van der Waals surface area contributed by atoms with Crippen LogP contribution in [0.1, 0.15) is 40.0 Å². The van der Waals surface area contributed by atoms with Gasteiger partial charge in [0.1, 0.15) is 5.41 Å². The fourth-order valence-corrected chi connectivity index (χ4v) is 3.17. The maximum Gasteiger partial charge on any atom is 0.313 e. The van der Waals surface area contributed by atoms with E-state index in [0.717, 1.165) is 19.3 Å². The van der Waals surface area contributed by atoms with E-state index in [-0.39, 0.29) is 30.5 Å². The second kappa shape index (κ2) is 4.78. The minimum absolute atomic E-state index is 0.00314. The van der Waals surface area contributed by atoms with Gasteiger partial charge in [0.05, 0.1) is 19.3 Å². The SMILES string of the molecule is CC1(C)CCCC1C(=O)NC1COCC1(C)C(=O)O. The van der Waals surface area contributed by atoms with Crippen LogP contribution in [0, 0.1) is 16.7 Å². The molecule has 1 saturated carbocycles. The first-order valence-electron chi connectivity index (χ1n) is 6.89. The Hall–Kier alpha value is -1.10. The topological polar surface area (TPSA) is 75.6 Å². The van der Waals surface area contributed by atoms with Crippen LogP contribution < -0.4 is 5.32 Å². The number of hydrogen-bond donors (Lipinski definition) is 2. The second-order valence-corrected chi connectivity index (χ2v) is 6.73. The van der Waals surface area contributed by atoms with Crippen molar-refractivity contribution in [2.45, 2.75) is 46.1 Å². The molecule has 0 aromatic heterocycles. The van der Waals surface area contributed by atoms with E-state index < -0.39 is 17.4 Å². The molecule has 1 saturated heterocycles. The lowest BCUT2D eigenvalue weighted by atomic mass is 9.80. The lowest BCUT2D eigenvalue weighted by Crippen LogP contribution is -2.52. The Labute approximate surface area is 113 Å². The summed E-state index contributed by atoms with van der Waals surface area (Å²) in [6, 6.07) is -0.436. The zero-order chi connectivity index (χ0) is 14.3. The van der Waals surface area contributed by atoms with Crippen LogP contribution >= 0.6 is 0 Å². The van der Waals surface area contributed by atoms with Gasteiger partial charge in [-0.1, -0.05) is 20.3 Å². The van der Waals surface area contributed by atoms with Crippen LogP contribution in [0.2, 0.25) is 0 Å². The predicted octanol–water partition coefficient (Wildman–Crippen LogP) is 1.42. The van der Waals surface area contributed by atoms with Crippen molar-refractivity contribution >= 4 is 11.9 Å². The molecule has 0 spiro atoms. The molecule has 5 heteroatoms. The fraction of sp³-hybridized carbons (Fsp3) is 0.857. The Kier molecular flexibility index (Phi) is 3.60. The largest absolute Gasteiger partial charge is 0.481 e. The minimum atomic E-state index is -1.02. The van der Waals surface area contributed by atoms with Crippen LogP contribution in [-0.2, 0) is 14.3 Å². The molecule has 0 aromatic rings. The first kappa shape index (κ1) is 14.3. The summed E-state index contributed by atoms with van der Waals surface area (Å²) in [6.07, 6.45) is 2.99. The van der Waals surface area contributed by atoms with Crippen LogP contribution in [0.3, 0.4) is 0 Å². The number of aliphatic carboxylic acids is 1. The third-order valence-corrected chi connectivity index (χ3v) is 4.83. The lowest BCUT2D eigenvalue weighted by molar-refractivity contribution is -0.149. The lowest BCUT2D eigenvalue weighted by Gasteiger charge is -2.30. The zero-order valence-corrected chi connectivity index (χ0v) is 11.9. The molecule has 2 rings (SSSR count). The third kappa shape index (κ3) is 2.48. The molecule has 0 aromatic carbocycles. The van der Waals surface area contributed by atoms with E-state index in [2.05, 4.69) is 19.2 Å². The molecule has 108 valence electrons. The summed E-state index contributed by atoms with van der Waals surface area (Å²) in [7, 11) is 0. The molecule has 1 heterocycles. The van der Waals surface area contributed by atoms with Gasteiger partial charge in [-0.25, -0.2) is 0 Å². The van der Waals surface area contributed by atoms with E-state index in [1.165, 1.54) is 0 Å². The monoisotopic (exact) mass is 269 g/mol. The number of ether oxygens (including phenoxy) is 1. The van der Waals surface area contributed by atoms with E-state index in [0.29, 0.717) is 0 Å². The highest BCUT2D eigenvalue weighted by atomic mass is 16.5. The number of carbonyl (C=O) groups excluding carboxylic acids is 1. The summed E-state index contributed by atoms with van der Waals surface area (Å²) in [5, 5.41) is 12.2. The van der Waals surface area contributed by atoms with E-state index in [1.54, 1.807) is 6.92 Å². The van der Waals surface area contributed by atoms with Crippen molar-refractivity contribution in [1.29, 1.82) is 0 Å². The minimum Gasteiger partial charge on any atom is -0.481 e. The highest BCUT2D eigenvalue weighted by molar-refractivity contribution is 5.82. The Bertz CT molecular complexity index is 393. The molecule has 1 aliphatic heterocycles. The van der Waals surface area contributed by atoms with Crippen LogP contribution in [0.15, 0.2) is 0 Å². The van der Waals surface area contributed by atoms with Gasteiger partial charge in [-0.3, -0.25) is 9.59 Å². The number of nitrogens with one attached hydrogen (secondary N) is 1. The Morgan fingerprint density at radius 1 is 1.32 bits per heavy atom. The molecule has 2 aliphatic rings. The van der Waals surface area contributed by atoms with Gasteiger partial charge in [0, 0.05) is 5.92 Å². The fourth-order valence-electron chi connectivity index (χ4n) is 3.17. The van der Waals surface area contributed by atoms with Gasteiger partial charge in [0.25, 0.3) is 0 Å². The van der Waals surface area contributed by atoms with Crippen molar-refractivity contribution in [2.75, 3.05) is 13.2 Å². The number of carboxylic acid groups (broad SMARTS) is 1. The smallest absolute Gasteiger partial charge is 0.313 e. The van der Waals surface area contributed by atoms with Crippen molar-refractivity contribution in [2.24, 2.45) is 16.7 Å². The average molecular weight is 269 g/mol. The van der Waals surface area contributed by atoms with E-state index in [4.69, 9.17) is 4.74 Å². The Morgan fingerprint density at radius 2 is 2.00 bits per heavy atom. The van der Waals surface area contributed by atoms with Crippen molar-refractivity contribution in [3.05, 3.63) is 0 Å². The molecular weight excluding hydrogens is 246 g/mol. The number of carboxylic acids is 1. The van der Waals surface area contributed by atoms with Gasteiger partial charge in [-0.05, 0) is 25.2 Å². The summed E-state index contributed by atoms with van der Waals surface area (Å²) < 4.78 is 5.25. The standard InChI is InChI=1S/C14H23NO4/c1-13(2)6-4-5-9(13)11(16)15-10-7-19-8-14(10,3)12(17)18/h9-10H,4-8H2,1-3H3,(H,15,16)(H,17,18). The van der Waals surface area contributed by atoms with Gasteiger partial charge in [0.15, 0.2) is 0 Å². The van der Waals surface area contributed by atoms with E-state index >= 15 is 0 Å². The first-order chi connectivity index (χ1) is 8.77. The van der Waals surface area contributed by atoms with Crippen LogP contribution in [0.4, 0.5) is 0 Å². The molecule has 2 N–H and O–H groups in total. The van der Waals surface area contributed by atoms with E-state index in [9.17, 15) is 14.7 Å². The molecule has 1 amide bonds. The number of hydrogen-bond acceptors (Lipinski definition) is 3. The van der Waals surface area contributed by atoms with Crippen LogP contribution in [0.5, 0.6) is 0 Å². The molecule has 5 nitrogen and oxygen atoms in total. The predicted molar refractivity (Wildman–Crippen MR) is 69.6 cm³/mol. The van der Waals surface area contributed by atoms with Crippen LogP contribution in [0.25, 0.3) is 0 Å². The first-order valence-corrected chi connectivity index (χ1v) is 6.89. The summed E-state index contributed by atoms with van der Waals surface area (Å²) in [6.45, 7) is 6.27. The van der Waals surface area contributed by atoms with Crippen LogP contribution in [-0.4, -0.2) is 36.2 Å². The summed E-state index contributed by atoms with van der Waals surface area (Å²) in [5.41, 5.74) is -1.01. The van der Waals surface area contributed by atoms with Crippen molar-refractivity contribution in [1.82, 2.24) is 5.32 Å². The Morgan fingerprint density at radius 3 is 2.53 bits per heavy atom. The third-order valence-electron chi connectivity index (χ3n) is 4.83. The van der Waals surface area contributed by atoms with E-state index in [1.807, 2.05) is 0 Å². The normalized spacial score (nSPS) is 37.2. The molecule has 19 heavy (non-hydrogen) atoms. The maximum absolute atomic E-state index is 12.4. The number of amides is 1. The van der Waals surface area contributed by atoms with Gasteiger partial charge < -0.3 is 15.2 Å². The quantitative estimate of drug-likeness (QED) is 0.812. The molecular formula is C14H23NO4. The molecule has 1 aliphatic carbocycles.